The van der Waals surface area contributed by atoms with Gasteiger partial charge < -0.3 is 14.8 Å². The van der Waals surface area contributed by atoms with Gasteiger partial charge in [-0.2, -0.15) is 0 Å². The summed E-state index contributed by atoms with van der Waals surface area (Å²) in [5.41, 5.74) is 1.05. The molecule has 0 saturated carbocycles. The van der Waals surface area contributed by atoms with Gasteiger partial charge in [0.05, 0.1) is 31.6 Å². The Kier molecular flexibility index (Phi) is 5.28. The number of nitrogens with zero attached hydrogens (tertiary/aromatic N) is 1. The fraction of sp³-hybridized carbons (Fsp3) is 0.263. The van der Waals surface area contributed by atoms with Crippen LogP contribution in [-0.2, 0) is 14.8 Å². The number of anilines is 2. The number of hydrogen-bond acceptors (Lipinski definition) is 6. The quantitative estimate of drug-likeness (QED) is 0.820. The highest BCUT2D eigenvalue weighted by molar-refractivity contribution is 7.94. The van der Waals surface area contributed by atoms with Gasteiger partial charge in [-0.1, -0.05) is 6.92 Å². The van der Waals surface area contributed by atoms with E-state index in [4.69, 9.17) is 9.47 Å². The number of amides is 2. The lowest BCUT2D eigenvalue weighted by atomic mass is 10.1. The summed E-state index contributed by atoms with van der Waals surface area (Å²) in [6.07, 6.45) is 0. The van der Waals surface area contributed by atoms with Crippen LogP contribution in [0.3, 0.4) is 0 Å². The topological polar surface area (TPSA) is 102 Å². The molecule has 1 heterocycles. The third kappa shape index (κ3) is 3.65. The number of carbonyl (C=O) groups is 2. The zero-order valence-electron chi connectivity index (χ0n) is 15.6. The van der Waals surface area contributed by atoms with Gasteiger partial charge in [0.25, 0.3) is 5.91 Å². The summed E-state index contributed by atoms with van der Waals surface area (Å²) in [4.78, 5) is 24.6. The van der Waals surface area contributed by atoms with Crippen molar-refractivity contribution in [3.63, 3.8) is 0 Å². The van der Waals surface area contributed by atoms with Crippen molar-refractivity contribution in [1.82, 2.24) is 0 Å². The van der Waals surface area contributed by atoms with Crippen molar-refractivity contribution in [2.45, 2.75) is 6.92 Å². The van der Waals surface area contributed by atoms with Gasteiger partial charge in [-0.25, -0.2) is 12.7 Å². The van der Waals surface area contributed by atoms with Crippen LogP contribution < -0.4 is 19.1 Å². The molecule has 2 aromatic carbocycles. The third-order valence-corrected chi connectivity index (χ3v) is 6.23. The first-order valence-corrected chi connectivity index (χ1v) is 10.1. The smallest absolute Gasteiger partial charge is 0.255 e. The number of ether oxygens (including phenoxy) is 2. The van der Waals surface area contributed by atoms with Gasteiger partial charge in [-0.15, -0.1) is 0 Å². The summed E-state index contributed by atoms with van der Waals surface area (Å²) in [7, 11) is -0.663. The number of carbonyl (C=O) groups excluding carboxylic acids is 2. The second-order valence-electron chi connectivity index (χ2n) is 6.35. The minimum absolute atomic E-state index is 0.215. The minimum Gasteiger partial charge on any atom is -0.493 e. The Labute approximate surface area is 163 Å². The van der Waals surface area contributed by atoms with Crippen LogP contribution in [0, 0.1) is 5.92 Å². The molecule has 0 radical (unpaired) electrons. The molecule has 1 atom stereocenters. The molecule has 0 spiro atoms. The van der Waals surface area contributed by atoms with Gasteiger partial charge in [0.1, 0.15) is 0 Å². The molecule has 0 aromatic heterocycles. The maximum Gasteiger partial charge on any atom is 0.255 e. The van der Waals surface area contributed by atoms with E-state index in [1.165, 1.54) is 38.5 Å². The van der Waals surface area contributed by atoms with Crippen molar-refractivity contribution < 1.29 is 27.5 Å². The summed E-state index contributed by atoms with van der Waals surface area (Å²) in [5.74, 6) is -0.644. The molecule has 148 valence electrons. The van der Waals surface area contributed by atoms with Gasteiger partial charge in [0.15, 0.2) is 11.5 Å². The Morgan fingerprint density at radius 2 is 1.71 bits per heavy atom. The standard InChI is InChI=1S/C19H20N2O6S/c1-12-11-28(24,25)21(19(12)23)15-7-4-13(5-8-15)18(22)20-14-6-9-16(26-2)17(10-14)27-3/h4-10,12H,11H2,1-3H3,(H,20,22)/t12-/m0/s1. The Morgan fingerprint density at radius 3 is 2.25 bits per heavy atom. The fourth-order valence-corrected chi connectivity index (χ4v) is 4.77. The predicted octanol–water partition coefficient (Wildman–Crippen LogP) is 2.27. The van der Waals surface area contributed by atoms with E-state index in [1.54, 1.807) is 25.1 Å². The summed E-state index contributed by atoms with van der Waals surface area (Å²) in [5, 5.41) is 2.73. The van der Waals surface area contributed by atoms with Crippen LogP contribution in [0.4, 0.5) is 11.4 Å². The highest BCUT2D eigenvalue weighted by Gasteiger charge is 2.41. The molecule has 1 aliphatic heterocycles. The van der Waals surface area contributed by atoms with Crippen LogP contribution in [0.25, 0.3) is 0 Å². The van der Waals surface area contributed by atoms with Crippen molar-refractivity contribution in [2.24, 2.45) is 5.92 Å². The molecular weight excluding hydrogens is 384 g/mol. The Hall–Kier alpha value is -3.07. The van der Waals surface area contributed by atoms with Crippen LogP contribution in [0.5, 0.6) is 11.5 Å². The largest absolute Gasteiger partial charge is 0.493 e. The first-order valence-electron chi connectivity index (χ1n) is 8.47. The van der Waals surface area contributed by atoms with E-state index in [-0.39, 0.29) is 17.3 Å². The lowest BCUT2D eigenvalue weighted by Crippen LogP contribution is -2.30. The Balaban J connectivity index is 1.79. The van der Waals surface area contributed by atoms with Gasteiger partial charge in [-0.3, -0.25) is 9.59 Å². The van der Waals surface area contributed by atoms with E-state index >= 15 is 0 Å². The molecule has 1 saturated heterocycles. The summed E-state index contributed by atoms with van der Waals surface area (Å²) in [6.45, 7) is 1.57. The first kappa shape index (κ1) is 19.7. The van der Waals surface area contributed by atoms with Crippen molar-refractivity contribution in [3.8, 4) is 11.5 Å². The van der Waals surface area contributed by atoms with Crippen LogP contribution >= 0.6 is 0 Å². The summed E-state index contributed by atoms with van der Waals surface area (Å²) in [6, 6.07) is 10.8. The maximum atomic E-state index is 12.5. The molecule has 1 aliphatic rings. The normalized spacial score (nSPS) is 18.0. The number of hydrogen-bond donors (Lipinski definition) is 1. The van der Waals surface area contributed by atoms with Gasteiger partial charge in [0, 0.05) is 17.3 Å². The second-order valence-corrected chi connectivity index (χ2v) is 8.22. The fourth-order valence-electron chi connectivity index (χ4n) is 2.95. The molecule has 0 unspecified atom stereocenters. The van der Waals surface area contributed by atoms with Crippen molar-refractivity contribution >= 4 is 33.2 Å². The highest BCUT2D eigenvalue weighted by Crippen LogP contribution is 2.31. The van der Waals surface area contributed by atoms with Gasteiger partial charge >= 0.3 is 0 Å². The lowest BCUT2D eigenvalue weighted by Gasteiger charge is -2.15. The van der Waals surface area contributed by atoms with Crippen molar-refractivity contribution in [3.05, 3.63) is 48.0 Å². The molecule has 28 heavy (non-hydrogen) atoms. The van der Waals surface area contributed by atoms with Gasteiger partial charge in [-0.05, 0) is 36.4 Å². The Bertz CT molecular complexity index is 1020. The van der Waals surface area contributed by atoms with Gasteiger partial charge in [0.2, 0.25) is 15.9 Å². The van der Waals surface area contributed by atoms with Crippen LogP contribution in [0.1, 0.15) is 17.3 Å². The van der Waals surface area contributed by atoms with E-state index < -0.39 is 21.8 Å². The van der Waals surface area contributed by atoms with Crippen LogP contribution in [0.2, 0.25) is 0 Å². The average Bonchev–Trinajstić information content (AvgIpc) is 2.88. The molecule has 2 amide bonds. The van der Waals surface area contributed by atoms with Crippen LogP contribution in [0.15, 0.2) is 42.5 Å². The van der Waals surface area contributed by atoms with E-state index in [0.717, 1.165) is 4.31 Å². The Morgan fingerprint density at radius 1 is 1.07 bits per heavy atom. The van der Waals surface area contributed by atoms with Crippen molar-refractivity contribution in [2.75, 3.05) is 29.6 Å². The van der Waals surface area contributed by atoms with Crippen molar-refractivity contribution in [1.29, 1.82) is 0 Å². The molecule has 0 bridgehead atoms. The van der Waals surface area contributed by atoms with E-state index in [0.29, 0.717) is 22.7 Å². The van der Waals surface area contributed by atoms with E-state index in [9.17, 15) is 18.0 Å². The lowest BCUT2D eigenvalue weighted by molar-refractivity contribution is -0.119. The number of sulfonamides is 1. The van der Waals surface area contributed by atoms with Crippen LogP contribution in [-0.4, -0.2) is 40.2 Å². The third-order valence-electron chi connectivity index (χ3n) is 4.37. The average molecular weight is 404 g/mol. The monoisotopic (exact) mass is 404 g/mol. The summed E-state index contributed by atoms with van der Waals surface area (Å²) < 4.78 is 35.5. The minimum atomic E-state index is -3.68. The maximum absolute atomic E-state index is 12.5. The molecule has 2 aromatic rings. The zero-order valence-corrected chi connectivity index (χ0v) is 16.4. The molecule has 3 rings (SSSR count). The molecule has 8 nitrogen and oxygen atoms in total. The predicted molar refractivity (Wildman–Crippen MR) is 104 cm³/mol. The number of rotatable bonds is 5. The zero-order chi connectivity index (χ0) is 20.5. The van der Waals surface area contributed by atoms with E-state index in [1.807, 2.05) is 0 Å². The number of nitrogens with one attached hydrogen (secondary N) is 1. The molecule has 9 heteroatoms. The second kappa shape index (κ2) is 7.51. The summed E-state index contributed by atoms with van der Waals surface area (Å²) >= 11 is 0. The number of benzene rings is 2. The molecule has 1 fully saturated rings. The first-order chi connectivity index (χ1) is 13.3. The molecule has 0 aliphatic carbocycles. The highest BCUT2D eigenvalue weighted by atomic mass is 32.2. The molecular formula is C19H20N2O6S. The van der Waals surface area contributed by atoms with E-state index in [2.05, 4.69) is 5.32 Å². The SMILES string of the molecule is COc1ccc(NC(=O)c2ccc(N3C(=O)[C@@H](C)CS3(=O)=O)cc2)cc1OC. The molecule has 1 N–H and O–H groups in total. The number of methoxy groups -OCH3 is 2.